The number of ether oxygens (including phenoxy) is 5. The van der Waals surface area contributed by atoms with E-state index in [0.717, 1.165) is 35.1 Å². The summed E-state index contributed by atoms with van der Waals surface area (Å²) in [4.78, 5) is 47.8. The molecule has 16 heteroatoms. The first-order valence-corrected chi connectivity index (χ1v) is 24.7. The summed E-state index contributed by atoms with van der Waals surface area (Å²) in [5.41, 5.74) is 3.67. The number of benzene rings is 4. The van der Waals surface area contributed by atoms with E-state index in [2.05, 4.69) is 18.0 Å². The molecule has 0 radical (unpaired) electrons. The van der Waals surface area contributed by atoms with Gasteiger partial charge in [-0.05, 0) is 129 Å². The Bertz CT molecular complexity index is 2660. The fourth-order valence-corrected chi connectivity index (χ4v) is 10.4. The minimum absolute atomic E-state index is 0.0204. The van der Waals surface area contributed by atoms with Gasteiger partial charge in [-0.25, -0.2) is 4.79 Å². The van der Waals surface area contributed by atoms with E-state index in [0.29, 0.717) is 60.0 Å². The standard InChI is InChI=1S/C56H64N4O12/c1-5-29-69-56-50(59(35-39-19-24-48-49(30-39)68-36-67-48)51(63)26-20-37-17-21-41(22-18-37)60(65)66)33-46(58-72-55(2,3)4)44-31-40(15-9-11-27-61)43(16-10-12-28-62)52(53(44)56)45-32-42(23-25-47(45)71-56)70-54(64)57-34-38-13-7-6-8-14-38/h5-8,13-14,17-26,30-32,40,43,50,52-53,61-62H,1,9-12,15-16,27-29,33-36H2,2-4H3,(H,57,64). The van der Waals surface area contributed by atoms with Crippen molar-refractivity contribution < 1.29 is 53.2 Å². The Kier molecular flexibility index (Phi) is 16.4. The molecule has 0 saturated heterocycles. The van der Waals surface area contributed by atoms with E-state index in [1.54, 1.807) is 41.3 Å². The number of nitrogens with one attached hydrogen (secondary N) is 1. The van der Waals surface area contributed by atoms with Crippen LogP contribution in [0.2, 0.25) is 0 Å². The number of non-ortho nitro benzene ring substituents is 1. The summed E-state index contributed by atoms with van der Waals surface area (Å²) in [6.45, 7) is 10.3. The van der Waals surface area contributed by atoms with E-state index < -0.39 is 46.2 Å². The molecule has 1 saturated carbocycles. The van der Waals surface area contributed by atoms with Crippen LogP contribution in [0.1, 0.15) is 93.9 Å². The molecule has 3 N–H and O–H groups in total. The molecule has 8 rings (SSSR count). The minimum atomic E-state index is -1.60. The quantitative estimate of drug-likeness (QED) is 0.0235. The number of nitro groups is 1. The molecule has 4 aliphatic rings. The monoisotopic (exact) mass is 984 g/mol. The third kappa shape index (κ3) is 11.8. The van der Waals surface area contributed by atoms with Gasteiger partial charge in [0.1, 0.15) is 23.1 Å². The lowest BCUT2D eigenvalue weighted by Gasteiger charge is -2.60. The van der Waals surface area contributed by atoms with Crippen molar-refractivity contribution in [1.29, 1.82) is 0 Å². The number of hydrogen-bond donors (Lipinski definition) is 3. The SMILES string of the molecule is C=CCOC12Oc3ccc(OC(=O)NCc4ccccc4)cc3C3C(CCCCO)C(CCCCO)C=C(C(=NOC(C)(C)C)CC1N(Cc1ccc4c(c1)OCO4)C(=O)C=Cc1ccc([N+](=O)[O-])cc1)C32. The minimum Gasteiger partial charge on any atom is -0.459 e. The van der Waals surface area contributed by atoms with E-state index in [1.807, 2.05) is 75.4 Å². The van der Waals surface area contributed by atoms with Crippen molar-refractivity contribution in [3.8, 4) is 23.0 Å². The van der Waals surface area contributed by atoms with Crippen molar-refractivity contribution >= 4 is 29.5 Å². The van der Waals surface area contributed by atoms with Crippen molar-refractivity contribution in [2.45, 2.75) is 102 Å². The van der Waals surface area contributed by atoms with E-state index in [9.17, 15) is 25.1 Å². The van der Waals surface area contributed by atoms with Gasteiger partial charge in [0.2, 0.25) is 18.5 Å². The van der Waals surface area contributed by atoms with Crippen LogP contribution in [0.3, 0.4) is 0 Å². The van der Waals surface area contributed by atoms with Crippen LogP contribution in [0.25, 0.3) is 6.08 Å². The van der Waals surface area contributed by atoms with Gasteiger partial charge in [-0.3, -0.25) is 14.9 Å². The molecule has 380 valence electrons. The van der Waals surface area contributed by atoms with Crippen LogP contribution >= 0.6 is 0 Å². The molecular weight excluding hydrogens is 921 g/mol. The van der Waals surface area contributed by atoms with Gasteiger partial charge in [0.15, 0.2) is 11.5 Å². The average molecular weight is 985 g/mol. The van der Waals surface area contributed by atoms with Gasteiger partial charge in [-0.1, -0.05) is 66.5 Å². The summed E-state index contributed by atoms with van der Waals surface area (Å²) in [6.07, 6.45) is 10.6. The molecule has 16 nitrogen and oxygen atoms in total. The van der Waals surface area contributed by atoms with Crippen LogP contribution in [-0.2, 0) is 27.5 Å². The fourth-order valence-electron chi connectivity index (χ4n) is 10.4. The van der Waals surface area contributed by atoms with Crippen LogP contribution in [0.5, 0.6) is 23.0 Å². The molecule has 1 fully saturated rings. The summed E-state index contributed by atoms with van der Waals surface area (Å²) in [7, 11) is 0. The summed E-state index contributed by atoms with van der Waals surface area (Å²) in [5.74, 6) is -1.29. The Hall–Kier alpha value is -7.01. The van der Waals surface area contributed by atoms with Crippen LogP contribution in [0.4, 0.5) is 10.5 Å². The van der Waals surface area contributed by atoms with Crippen molar-refractivity contribution in [1.82, 2.24) is 10.2 Å². The number of rotatable bonds is 21. The zero-order valence-corrected chi connectivity index (χ0v) is 41.1. The lowest BCUT2D eigenvalue weighted by Crippen LogP contribution is -2.70. The molecule has 4 aromatic rings. The molecule has 72 heavy (non-hydrogen) atoms. The topological polar surface area (TPSA) is 201 Å². The predicted octanol–water partition coefficient (Wildman–Crippen LogP) is 9.79. The van der Waals surface area contributed by atoms with Gasteiger partial charge in [0.05, 0.1) is 23.2 Å². The summed E-state index contributed by atoms with van der Waals surface area (Å²) < 4.78 is 32.0. The smallest absolute Gasteiger partial charge is 0.412 e. The number of carbonyl (C=O) groups is 2. The van der Waals surface area contributed by atoms with Crippen molar-refractivity contribution in [2.24, 2.45) is 22.9 Å². The van der Waals surface area contributed by atoms with Gasteiger partial charge < -0.3 is 49.0 Å². The number of unbranched alkanes of at least 4 members (excludes halogenated alkanes) is 2. The molecule has 2 amide bonds. The second-order valence-electron chi connectivity index (χ2n) is 19.5. The highest BCUT2D eigenvalue weighted by molar-refractivity contribution is 6.03. The Morgan fingerprint density at radius 2 is 1.67 bits per heavy atom. The number of nitro benzene ring substituents is 1. The van der Waals surface area contributed by atoms with Gasteiger partial charge in [0, 0.05) is 62.4 Å². The lowest BCUT2D eigenvalue weighted by molar-refractivity contribution is -0.384. The van der Waals surface area contributed by atoms with Crippen LogP contribution < -0.4 is 24.3 Å². The zero-order chi connectivity index (χ0) is 50.8. The number of aliphatic hydroxyl groups excluding tert-OH is 2. The Morgan fingerprint density at radius 1 is 0.931 bits per heavy atom. The summed E-state index contributed by atoms with van der Waals surface area (Å²) in [5, 5.41) is 39.4. The van der Waals surface area contributed by atoms with Gasteiger partial charge >= 0.3 is 6.09 Å². The van der Waals surface area contributed by atoms with E-state index >= 15 is 4.79 Å². The summed E-state index contributed by atoms with van der Waals surface area (Å²) in [6, 6.07) is 25.4. The second-order valence-corrected chi connectivity index (χ2v) is 19.5. The van der Waals surface area contributed by atoms with E-state index in [-0.39, 0.29) is 63.6 Å². The number of nitrogens with zero attached hydrogens (tertiary/aromatic N) is 3. The first kappa shape index (κ1) is 51.3. The number of carbonyl (C=O) groups excluding carboxylic acids is 2. The van der Waals surface area contributed by atoms with Crippen molar-refractivity contribution in [2.75, 3.05) is 26.6 Å². The van der Waals surface area contributed by atoms with E-state index in [1.165, 1.54) is 18.2 Å². The van der Waals surface area contributed by atoms with Gasteiger partial charge in [0.25, 0.3) is 5.69 Å². The first-order valence-electron chi connectivity index (χ1n) is 24.7. The molecular formula is C56H64N4O12. The highest BCUT2D eigenvalue weighted by Crippen LogP contribution is 2.62. The first-order chi connectivity index (χ1) is 34.8. The Labute approximate surface area is 420 Å². The molecule has 2 aliphatic carbocycles. The number of oxime groups is 1. The molecule has 6 atom stereocenters. The number of allylic oxidation sites excluding steroid dienone is 1. The third-order valence-corrected chi connectivity index (χ3v) is 13.5. The molecule has 2 heterocycles. The predicted molar refractivity (Wildman–Crippen MR) is 270 cm³/mol. The van der Waals surface area contributed by atoms with Crippen molar-refractivity contribution in [3.63, 3.8) is 0 Å². The molecule has 2 aliphatic heterocycles. The molecule has 6 unspecified atom stereocenters. The molecule has 0 aromatic heterocycles. The van der Waals surface area contributed by atoms with E-state index in [4.69, 9.17) is 33.7 Å². The number of aliphatic hydroxyl groups is 2. The maximum atomic E-state index is 15.3. The maximum Gasteiger partial charge on any atom is 0.412 e. The second kappa shape index (κ2) is 23.0. The maximum absolute atomic E-state index is 15.3. The number of fused-ring (bicyclic) bond motifs is 3. The molecule has 0 spiro atoms. The fraction of sp³-hybridized carbons (Fsp3) is 0.411. The normalized spacial score (nSPS) is 22.3. The number of amides is 2. The highest BCUT2D eigenvalue weighted by atomic mass is 16.7. The van der Waals surface area contributed by atoms with Crippen LogP contribution in [0.15, 0.2) is 127 Å². The number of hydrogen-bond acceptors (Lipinski definition) is 13. The zero-order valence-electron chi connectivity index (χ0n) is 41.1. The third-order valence-electron chi connectivity index (χ3n) is 13.5. The molecule has 4 aromatic carbocycles. The van der Waals surface area contributed by atoms with Crippen LogP contribution in [-0.4, -0.2) is 81.8 Å². The highest BCUT2D eigenvalue weighted by Gasteiger charge is 2.65. The lowest BCUT2D eigenvalue weighted by atomic mass is 9.55. The largest absolute Gasteiger partial charge is 0.459 e. The van der Waals surface area contributed by atoms with Crippen molar-refractivity contribution in [3.05, 3.63) is 154 Å². The van der Waals surface area contributed by atoms with Gasteiger partial charge in [-0.15, -0.1) is 6.58 Å². The summed E-state index contributed by atoms with van der Waals surface area (Å²) >= 11 is 0. The van der Waals surface area contributed by atoms with Gasteiger partial charge in [-0.2, -0.15) is 0 Å². The average Bonchev–Trinajstić information content (AvgIpc) is 3.85. The van der Waals surface area contributed by atoms with Crippen LogP contribution in [0, 0.1) is 27.9 Å². The Balaban J connectivity index is 1.31. The Morgan fingerprint density at radius 3 is 2.39 bits per heavy atom. The molecule has 0 bridgehead atoms.